The first-order valence-corrected chi connectivity index (χ1v) is 18.1. The molecule has 252 valence electrons. The maximum Gasteiger partial charge on any atom is 0.164 e. The highest BCUT2D eigenvalue weighted by Crippen LogP contribution is 2.39. The number of hydrogen-bond acceptors (Lipinski definition) is 4. The van der Waals surface area contributed by atoms with Crippen LogP contribution < -0.4 is 0 Å². The Labute approximate surface area is 310 Å². The third-order valence-corrected chi connectivity index (χ3v) is 10.4. The predicted octanol–water partition coefficient (Wildman–Crippen LogP) is 12.7. The molecule has 0 unspecified atom stereocenters. The van der Waals surface area contributed by atoms with E-state index in [-0.39, 0.29) is 0 Å². The Morgan fingerprint density at radius 3 is 1.74 bits per heavy atom. The third kappa shape index (κ3) is 4.90. The molecule has 0 aliphatic carbocycles. The van der Waals surface area contributed by atoms with Crippen LogP contribution in [0.2, 0.25) is 0 Å². The maximum absolute atomic E-state index is 6.55. The first-order chi connectivity index (χ1) is 26.7. The van der Waals surface area contributed by atoms with Crippen LogP contribution in [0.1, 0.15) is 0 Å². The molecule has 0 aliphatic rings. The Morgan fingerprint density at radius 1 is 0.370 bits per heavy atom. The van der Waals surface area contributed by atoms with Gasteiger partial charge in [-0.3, -0.25) is 0 Å². The van der Waals surface area contributed by atoms with Crippen molar-refractivity contribution in [3.63, 3.8) is 0 Å². The van der Waals surface area contributed by atoms with Crippen LogP contribution in [0.25, 0.3) is 105 Å². The van der Waals surface area contributed by atoms with Crippen LogP contribution in [0.4, 0.5) is 0 Å². The second kappa shape index (κ2) is 12.1. The minimum absolute atomic E-state index is 0.605. The lowest BCUT2D eigenvalue weighted by molar-refractivity contribution is 0.669. The standard InChI is InChI=1S/C49H30N4O/c1-3-12-32(13-4-1)47-50-48(33-14-5-2-6-15-33)52-49(51-47)40-19-11-21-44-46(40)39-27-24-36(30-45(39)54-44)31-22-25-37(26-23-31)53-42-20-10-9-18-38(42)41-28-34-16-7-8-17-35(34)29-43(41)53/h1-30H. The van der Waals surface area contributed by atoms with Gasteiger partial charge >= 0.3 is 0 Å². The summed E-state index contributed by atoms with van der Waals surface area (Å²) in [5.41, 5.74) is 10.1. The van der Waals surface area contributed by atoms with Gasteiger partial charge in [-0.25, -0.2) is 15.0 Å². The highest BCUT2D eigenvalue weighted by Gasteiger charge is 2.19. The lowest BCUT2D eigenvalue weighted by Gasteiger charge is -2.10. The molecule has 0 saturated heterocycles. The average Bonchev–Trinajstić information content (AvgIpc) is 3.78. The summed E-state index contributed by atoms with van der Waals surface area (Å²) >= 11 is 0. The van der Waals surface area contributed by atoms with Crippen molar-refractivity contribution >= 4 is 54.5 Å². The van der Waals surface area contributed by atoms with E-state index in [2.05, 4.69) is 114 Å². The smallest absolute Gasteiger partial charge is 0.164 e. The van der Waals surface area contributed by atoms with Gasteiger partial charge in [-0.1, -0.05) is 133 Å². The van der Waals surface area contributed by atoms with Gasteiger partial charge in [-0.2, -0.15) is 0 Å². The number of aromatic nitrogens is 4. The molecule has 5 heteroatoms. The van der Waals surface area contributed by atoms with Gasteiger partial charge in [0.2, 0.25) is 0 Å². The fourth-order valence-electron chi connectivity index (χ4n) is 7.86. The lowest BCUT2D eigenvalue weighted by atomic mass is 10.0. The molecule has 8 aromatic carbocycles. The van der Waals surface area contributed by atoms with Gasteiger partial charge in [-0.15, -0.1) is 0 Å². The van der Waals surface area contributed by atoms with Crippen molar-refractivity contribution in [1.82, 2.24) is 19.5 Å². The first kappa shape index (κ1) is 30.3. The molecule has 11 aromatic rings. The number of benzene rings is 8. The van der Waals surface area contributed by atoms with Crippen LogP contribution in [0.3, 0.4) is 0 Å². The number of rotatable bonds is 5. The van der Waals surface area contributed by atoms with Gasteiger partial charge in [0.05, 0.1) is 11.0 Å². The molecule has 5 nitrogen and oxygen atoms in total. The monoisotopic (exact) mass is 690 g/mol. The van der Waals surface area contributed by atoms with Crippen LogP contribution in [0.5, 0.6) is 0 Å². The number of nitrogens with zero attached hydrogens (tertiary/aromatic N) is 4. The summed E-state index contributed by atoms with van der Waals surface area (Å²) in [5.74, 6) is 1.86. The summed E-state index contributed by atoms with van der Waals surface area (Å²) in [5, 5.41) is 6.99. The average molecular weight is 691 g/mol. The number of hydrogen-bond donors (Lipinski definition) is 0. The molecule has 0 radical (unpaired) electrons. The zero-order valence-electron chi connectivity index (χ0n) is 29.0. The molecule has 54 heavy (non-hydrogen) atoms. The van der Waals surface area contributed by atoms with E-state index in [4.69, 9.17) is 19.4 Å². The third-order valence-electron chi connectivity index (χ3n) is 10.4. The number of fused-ring (bicyclic) bond motifs is 7. The summed E-state index contributed by atoms with van der Waals surface area (Å²) < 4.78 is 8.92. The SMILES string of the molecule is c1ccc(-c2nc(-c3ccccc3)nc(-c3cccc4oc5cc(-c6ccc(-n7c8ccccc8c8cc9ccccc9cc87)cc6)ccc5c34)n2)cc1. The van der Waals surface area contributed by atoms with Gasteiger partial charge < -0.3 is 8.98 Å². The van der Waals surface area contributed by atoms with Crippen LogP contribution in [0.15, 0.2) is 186 Å². The summed E-state index contributed by atoms with van der Waals surface area (Å²) in [6.45, 7) is 0. The summed E-state index contributed by atoms with van der Waals surface area (Å²) in [4.78, 5) is 14.9. The molecule has 3 heterocycles. The Kier molecular flexibility index (Phi) is 6.79. The topological polar surface area (TPSA) is 56.7 Å². The Morgan fingerprint density at radius 2 is 1.00 bits per heavy atom. The highest BCUT2D eigenvalue weighted by molar-refractivity contribution is 6.14. The molecule has 0 N–H and O–H groups in total. The van der Waals surface area contributed by atoms with Crippen molar-refractivity contribution in [2.45, 2.75) is 0 Å². The van der Waals surface area contributed by atoms with Crippen molar-refractivity contribution < 1.29 is 4.42 Å². The fourth-order valence-corrected chi connectivity index (χ4v) is 7.86. The van der Waals surface area contributed by atoms with Gasteiger partial charge in [0.1, 0.15) is 11.2 Å². The second-order valence-corrected chi connectivity index (χ2v) is 13.6. The Bertz CT molecular complexity index is 3140. The van der Waals surface area contributed by atoms with E-state index in [0.717, 1.165) is 55.4 Å². The van der Waals surface area contributed by atoms with Crippen molar-refractivity contribution in [3.8, 4) is 51.0 Å². The van der Waals surface area contributed by atoms with Crippen LogP contribution >= 0.6 is 0 Å². The normalized spacial score (nSPS) is 11.7. The largest absolute Gasteiger partial charge is 0.456 e. The Balaban J connectivity index is 1.01. The van der Waals surface area contributed by atoms with E-state index in [1.807, 2.05) is 72.8 Å². The molecular weight excluding hydrogens is 661 g/mol. The molecule has 0 fully saturated rings. The van der Waals surface area contributed by atoms with E-state index in [1.54, 1.807) is 0 Å². The predicted molar refractivity (Wildman–Crippen MR) is 221 cm³/mol. The Hall–Kier alpha value is -7.37. The summed E-state index contributed by atoms with van der Waals surface area (Å²) in [6.07, 6.45) is 0. The van der Waals surface area contributed by atoms with Crippen molar-refractivity contribution in [2.75, 3.05) is 0 Å². The first-order valence-electron chi connectivity index (χ1n) is 18.1. The van der Waals surface area contributed by atoms with E-state index in [9.17, 15) is 0 Å². The minimum Gasteiger partial charge on any atom is -0.456 e. The van der Waals surface area contributed by atoms with Gasteiger partial charge in [0.25, 0.3) is 0 Å². The second-order valence-electron chi connectivity index (χ2n) is 13.6. The van der Waals surface area contributed by atoms with Crippen LogP contribution in [-0.2, 0) is 0 Å². The molecule has 0 amide bonds. The van der Waals surface area contributed by atoms with E-state index in [0.29, 0.717) is 17.5 Å². The van der Waals surface area contributed by atoms with Crippen LogP contribution in [0, 0.1) is 0 Å². The molecular formula is C49H30N4O. The molecule has 0 saturated carbocycles. The zero-order chi connectivity index (χ0) is 35.6. The van der Waals surface area contributed by atoms with Crippen molar-refractivity contribution in [3.05, 3.63) is 182 Å². The molecule has 3 aromatic heterocycles. The van der Waals surface area contributed by atoms with E-state index < -0.39 is 0 Å². The van der Waals surface area contributed by atoms with E-state index >= 15 is 0 Å². The summed E-state index contributed by atoms with van der Waals surface area (Å²) in [6, 6.07) is 63.4. The molecule has 0 spiro atoms. The van der Waals surface area contributed by atoms with Crippen molar-refractivity contribution in [2.24, 2.45) is 0 Å². The van der Waals surface area contributed by atoms with Gasteiger partial charge in [0.15, 0.2) is 17.5 Å². The zero-order valence-corrected chi connectivity index (χ0v) is 29.0. The quantitative estimate of drug-likeness (QED) is 0.180. The van der Waals surface area contributed by atoms with Crippen LogP contribution in [-0.4, -0.2) is 19.5 Å². The highest BCUT2D eigenvalue weighted by atomic mass is 16.3. The van der Waals surface area contributed by atoms with Crippen molar-refractivity contribution in [1.29, 1.82) is 0 Å². The van der Waals surface area contributed by atoms with Gasteiger partial charge in [0, 0.05) is 43.9 Å². The van der Waals surface area contributed by atoms with Gasteiger partial charge in [-0.05, 0) is 70.4 Å². The molecule has 0 aliphatic heterocycles. The lowest BCUT2D eigenvalue weighted by Crippen LogP contribution is -2.00. The number of furan rings is 1. The number of para-hydroxylation sites is 1. The maximum atomic E-state index is 6.55. The van der Waals surface area contributed by atoms with E-state index in [1.165, 1.54) is 32.6 Å². The minimum atomic E-state index is 0.605. The summed E-state index contributed by atoms with van der Waals surface area (Å²) in [7, 11) is 0. The fraction of sp³-hybridized carbons (Fsp3) is 0. The molecule has 0 bridgehead atoms. The molecule has 0 atom stereocenters. The molecule has 11 rings (SSSR count).